The third kappa shape index (κ3) is 3.86. The highest BCUT2D eigenvalue weighted by Crippen LogP contribution is 2.38. The second kappa shape index (κ2) is 8.15. The summed E-state index contributed by atoms with van der Waals surface area (Å²) >= 11 is 6.21. The lowest BCUT2D eigenvalue weighted by molar-refractivity contribution is -0.0165. The van der Waals surface area contributed by atoms with Gasteiger partial charge in [-0.25, -0.2) is 4.79 Å². The van der Waals surface area contributed by atoms with E-state index >= 15 is 0 Å². The smallest absolute Gasteiger partial charge is 0.343 e. The van der Waals surface area contributed by atoms with Crippen LogP contribution in [0.2, 0.25) is 5.02 Å². The van der Waals surface area contributed by atoms with Gasteiger partial charge >= 0.3 is 5.97 Å². The number of rotatable bonds is 3. The number of Topliss-reactive ketones (excluding diaryl/α,β-unsaturated/α-hetero) is 1. The van der Waals surface area contributed by atoms with Gasteiger partial charge in [0.2, 0.25) is 5.78 Å². The van der Waals surface area contributed by atoms with Crippen LogP contribution in [0.5, 0.6) is 17.2 Å². The largest absolute Gasteiger partial charge is 0.467 e. The minimum Gasteiger partial charge on any atom is -0.467 e. The van der Waals surface area contributed by atoms with Crippen molar-refractivity contribution in [3.63, 3.8) is 0 Å². The summed E-state index contributed by atoms with van der Waals surface area (Å²) in [5.74, 6) is 0.557. The predicted octanol–water partition coefficient (Wildman–Crippen LogP) is 5.35. The minimum atomic E-state index is -0.491. The lowest BCUT2D eigenvalue weighted by Crippen LogP contribution is -2.12. The number of ether oxygens (including phenoxy) is 4. The second-order valence-electron chi connectivity index (χ2n) is 7.45. The van der Waals surface area contributed by atoms with Gasteiger partial charge in [0.15, 0.2) is 12.6 Å². The Bertz CT molecular complexity index is 1280. The first-order valence-electron chi connectivity index (χ1n) is 9.88. The summed E-state index contributed by atoms with van der Waals surface area (Å²) in [6.07, 6.45) is 1.59. The van der Waals surface area contributed by atoms with E-state index in [0.29, 0.717) is 39.8 Å². The van der Waals surface area contributed by atoms with Crippen molar-refractivity contribution in [1.29, 1.82) is 0 Å². The third-order valence-electron chi connectivity index (χ3n) is 5.13. The molecule has 0 radical (unpaired) electrons. The van der Waals surface area contributed by atoms with Gasteiger partial charge in [0.05, 0.1) is 17.7 Å². The summed E-state index contributed by atoms with van der Waals surface area (Å²) in [5, 5.41) is 0.498. The predicted molar refractivity (Wildman–Crippen MR) is 117 cm³/mol. The summed E-state index contributed by atoms with van der Waals surface area (Å²) in [6.45, 7) is 2.43. The number of halogens is 1. The molecule has 2 heterocycles. The molecule has 0 amide bonds. The molecule has 0 aromatic heterocycles. The summed E-state index contributed by atoms with van der Waals surface area (Å²) in [6, 6.07) is 15.2. The normalized spacial score (nSPS) is 15.6. The molecule has 0 unspecified atom stereocenters. The van der Waals surface area contributed by atoms with Crippen molar-refractivity contribution in [1.82, 2.24) is 0 Å². The van der Waals surface area contributed by atoms with Crippen LogP contribution in [0.4, 0.5) is 0 Å². The van der Waals surface area contributed by atoms with E-state index in [0.717, 1.165) is 11.1 Å². The molecule has 0 spiro atoms. The van der Waals surface area contributed by atoms with E-state index in [2.05, 4.69) is 0 Å². The van der Waals surface area contributed by atoms with Gasteiger partial charge in [-0.1, -0.05) is 29.3 Å². The molecule has 0 atom stereocenters. The van der Waals surface area contributed by atoms with E-state index in [4.69, 9.17) is 30.5 Å². The summed E-state index contributed by atoms with van der Waals surface area (Å²) < 4.78 is 22.1. The number of benzene rings is 3. The maximum atomic E-state index is 12.8. The lowest BCUT2D eigenvalue weighted by atomic mass is 10.1. The Morgan fingerprint density at radius 3 is 2.72 bits per heavy atom. The van der Waals surface area contributed by atoms with Crippen LogP contribution in [-0.4, -0.2) is 18.5 Å². The molecule has 0 bridgehead atoms. The standard InChI is InChI=1S/C25H17ClO6/c1-14-2-4-15(5-3-14)25(28)31-19-6-7-20-21(11-19)32-22(23(20)27)10-16-8-18(26)9-17-12-29-13-30-24(16)17/h2-11H,12-13H2,1H3/b22-10-. The van der Waals surface area contributed by atoms with Crippen molar-refractivity contribution < 1.29 is 28.5 Å². The average molecular weight is 449 g/mol. The Morgan fingerprint density at radius 2 is 1.91 bits per heavy atom. The van der Waals surface area contributed by atoms with Crippen molar-refractivity contribution in [2.75, 3.05) is 6.79 Å². The van der Waals surface area contributed by atoms with Crippen LogP contribution < -0.4 is 14.2 Å². The van der Waals surface area contributed by atoms with E-state index in [1.54, 1.807) is 42.5 Å². The second-order valence-corrected chi connectivity index (χ2v) is 7.88. The maximum absolute atomic E-state index is 12.8. The highest BCUT2D eigenvalue weighted by Gasteiger charge is 2.29. The first kappa shape index (κ1) is 20.3. The molecule has 0 fully saturated rings. The number of aryl methyl sites for hydroxylation is 1. The van der Waals surface area contributed by atoms with Crippen LogP contribution in [0.3, 0.4) is 0 Å². The molecule has 0 N–H and O–H groups in total. The van der Waals surface area contributed by atoms with Gasteiger partial charge in [-0.15, -0.1) is 0 Å². The lowest BCUT2D eigenvalue weighted by Gasteiger charge is -2.20. The fourth-order valence-electron chi connectivity index (χ4n) is 3.54. The molecule has 2 aliphatic heterocycles. The summed E-state index contributed by atoms with van der Waals surface area (Å²) in [5.41, 5.74) is 3.28. The van der Waals surface area contributed by atoms with Crippen molar-refractivity contribution in [3.8, 4) is 17.2 Å². The van der Waals surface area contributed by atoms with Crippen LogP contribution >= 0.6 is 11.6 Å². The van der Waals surface area contributed by atoms with Gasteiger partial charge in [0.1, 0.15) is 17.2 Å². The minimum absolute atomic E-state index is 0.121. The molecule has 7 heteroatoms. The number of hydrogen-bond donors (Lipinski definition) is 0. The zero-order chi connectivity index (χ0) is 22.2. The summed E-state index contributed by atoms with van der Waals surface area (Å²) in [4.78, 5) is 25.2. The molecule has 0 saturated heterocycles. The monoisotopic (exact) mass is 448 g/mol. The van der Waals surface area contributed by atoms with E-state index in [1.807, 2.05) is 19.1 Å². The van der Waals surface area contributed by atoms with Gasteiger partial charge in [0, 0.05) is 22.2 Å². The zero-order valence-electron chi connectivity index (χ0n) is 17.0. The molecule has 2 aliphatic rings. The van der Waals surface area contributed by atoms with E-state index in [-0.39, 0.29) is 24.1 Å². The Hall–Kier alpha value is -3.61. The van der Waals surface area contributed by atoms with Crippen LogP contribution in [-0.2, 0) is 11.3 Å². The van der Waals surface area contributed by atoms with E-state index < -0.39 is 5.97 Å². The van der Waals surface area contributed by atoms with Crippen molar-refractivity contribution in [3.05, 3.63) is 93.2 Å². The number of esters is 1. The van der Waals surface area contributed by atoms with Crippen molar-refractivity contribution >= 4 is 29.4 Å². The molecular formula is C25H17ClO6. The Kier molecular flexibility index (Phi) is 5.17. The fourth-order valence-corrected chi connectivity index (χ4v) is 3.79. The molecule has 0 saturated carbocycles. The van der Waals surface area contributed by atoms with Gasteiger partial charge in [-0.05, 0) is 49.4 Å². The van der Waals surface area contributed by atoms with E-state index in [1.165, 1.54) is 6.07 Å². The molecule has 3 aromatic rings. The molecular weight excluding hydrogens is 432 g/mol. The van der Waals surface area contributed by atoms with E-state index in [9.17, 15) is 9.59 Å². The van der Waals surface area contributed by atoms with Gasteiger partial charge in [-0.3, -0.25) is 4.79 Å². The first-order valence-corrected chi connectivity index (χ1v) is 10.3. The summed E-state index contributed by atoms with van der Waals surface area (Å²) in [7, 11) is 0. The highest BCUT2D eigenvalue weighted by molar-refractivity contribution is 6.31. The van der Waals surface area contributed by atoms with Crippen molar-refractivity contribution in [2.24, 2.45) is 0 Å². The first-order chi connectivity index (χ1) is 15.5. The van der Waals surface area contributed by atoms with Crippen molar-refractivity contribution in [2.45, 2.75) is 13.5 Å². The van der Waals surface area contributed by atoms with Crippen LogP contribution in [0.1, 0.15) is 37.4 Å². The Labute approximate surface area is 188 Å². The molecule has 3 aromatic carbocycles. The third-order valence-corrected chi connectivity index (χ3v) is 5.35. The number of hydrogen-bond acceptors (Lipinski definition) is 6. The fraction of sp³-hybridized carbons (Fsp3) is 0.120. The molecule has 5 rings (SSSR count). The topological polar surface area (TPSA) is 71.1 Å². The van der Waals surface area contributed by atoms with Gasteiger partial charge in [-0.2, -0.15) is 0 Å². The molecule has 0 aliphatic carbocycles. The zero-order valence-corrected chi connectivity index (χ0v) is 17.8. The number of carbonyl (C=O) groups excluding carboxylic acids is 2. The van der Waals surface area contributed by atoms with Crippen LogP contribution in [0, 0.1) is 6.92 Å². The van der Waals surface area contributed by atoms with Gasteiger partial charge < -0.3 is 18.9 Å². The number of ketones is 1. The number of fused-ring (bicyclic) bond motifs is 2. The SMILES string of the molecule is Cc1ccc(C(=O)Oc2ccc3c(c2)O/C(=C\c2cc(Cl)cc4c2OCOC4)C3=O)cc1. The highest BCUT2D eigenvalue weighted by atomic mass is 35.5. The van der Waals surface area contributed by atoms with Gasteiger partial charge in [0.25, 0.3) is 0 Å². The molecule has 160 valence electrons. The average Bonchev–Trinajstić information content (AvgIpc) is 3.08. The van der Waals surface area contributed by atoms with Crippen LogP contribution in [0.25, 0.3) is 6.08 Å². The van der Waals surface area contributed by atoms with Crippen LogP contribution in [0.15, 0.2) is 60.4 Å². The number of allylic oxidation sites excluding steroid dienone is 1. The Morgan fingerprint density at radius 1 is 1.09 bits per heavy atom. The maximum Gasteiger partial charge on any atom is 0.343 e. The molecule has 32 heavy (non-hydrogen) atoms. The number of carbonyl (C=O) groups is 2. The Balaban J connectivity index is 1.40. The molecule has 6 nitrogen and oxygen atoms in total. The quantitative estimate of drug-likeness (QED) is 0.305.